The number of rotatable bonds is 5. The molecule has 19 heavy (non-hydrogen) atoms. The highest BCUT2D eigenvalue weighted by Crippen LogP contribution is 2.17. The molecule has 0 aliphatic heterocycles. The molecule has 1 aromatic rings. The number of nitrogens with two attached hydrogens (primary N) is 1. The van der Waals surface area contributed by atoms with Crippen molar-refractivity contribution in [2.75, 3.05) is 0 Å². The van der Waals surface area contributed by atoms with E-state index in [1.807, 2.05) is 19.2 Å². The fourth-order valence-electron chi connectivity index (χ4n) is 1.57. The third-order valence-electron chi connectivity index (χ3n) is 2.43. The van der Waals surface area contributed by atoms with Gasteiger partial charge in [-0.3, -0.25) is 4.79 Å². The van der Waals surface area contributed by atoms with Gasteiger partial charge in [0.2, 0.25) is 5.91 Å². The van der Waals surface area contributed by atoms with E-state index >= 15 is 0 Å². The summed E-state index contributed by atoms with van der Waals surface area (Å²) < 4.78 is 0. The summed E-state index contributed by atoms with van der Waals surface area (Å²) in [6, 6.07) is -0.502. The predicted octanol–water partition coefficient (Wildman–Crippen LogP) is 2.85. The molecule has 0 aromatic carbocycles. The van der Waals surface area contributed by atoms with Crippen LogP contribution in [0.1, 0.15) is 43.9 Å². The second-order valence-corrected chi connectivity index (χ2v) is 5.68. The van der Waals surface area contributed by atoms with Gasteiger partial charge in [0.25, 0.3) is 0 Å². The van der Waals surface area contributed by atoms with Crippen molar-refractivity contribution in [3.8, 4) is 0 Å². The highest BCUT2D eigenvalue weighted by atomic mass is 35.5. The minimum Gasteiger partial charge on any atom is -0.346 e. The van der Waals surface area contributed by atoms with Gasteiger partial charge >= 0.3 is 0 Å². The second kappa shape index (κ2) is 9.53. The topological polar surface area (TPSA) is 68.0 Å². The Kier molecular flexibility index (Phi) is 10.5. The quantitative estimate of drug-likeness (QED) is 0.873. The maximum atomic E-state index is 11.8. The van der Waals surface area contributed by atoms with E-state index < -0.39 is 6.04 Å². The van der Waals surface area contributed by atoms with Crippen molar-refractivity contribution in [3.63, 3.8) is 0 Å². The van der Waals surface area contributed by atoms with Crippen molar-refractivity contribution in [2.24, 2.45) is 11.7 Å². The zero-order valence-electron chi connectivity index (χ0n) is 11.7. The Morgan fingerprint density at radius 3 is 2.42 bits per heavy atom. The molecule has 0 bridgehead atoms. The molecule has 1 heterocycles. The van der Waals surface area contributed by atoms with Crippen molar-refractivity contribution < 1.29 is 4.79 Å². The van der Waals surface area contributed by atoms with E-state index in [0.29, 0.717) is 12.3 Å². The van der Waals surface area contributed by atoms with Crippen LogP contribution in [0, 0.1) is 12.8 Å². The SMILES string of the molecule is Cc1csc(C(C)NC(=O)[C@@H](N)CC(C)C)n1.Cl.Cl. The molecule has 1 unspecified atom stereocenters. The van der Waals surface area contributed by atoms with E-state index in [9.17, 15) is 4.79 Å². The monoisotopic (exact) mass is 327 g/mol. The maximum Gasteiger partial charge on any atom is 0.237 e. The van der Waals surface area contributed by atoms with Crippen molar-refractivity contribution in [3.05, 3.63) is 16.1 Å². The molecular formula is C12H23Cl2N3OS. The van der Waals surface area contributed by atoms with Gasteiger partial charge in [0.05, 0.1) is 12.1 Å². The number of hydrogen-bond acceptors (Lipinski definition) is 4. The molecular weight excluding hydrogens is 305 g/mol. The van der Waals surface area contributed by atoms with Crippen molar-refractivity contribution in [1.29, 1.82) is 0 Å². The van der Waals surface area contributed by atoms with E-state index in [-0.39, 0.29) is 36.8 Å². The van der Waals surface area contributed by atoms with Gasteiger partial charge in [-0.05, 0) is 26.2 Å². The molecule has 0 aliphatic rings. The Morgan fingerprint density at radius 2 is 2.00 bits per heavy atom. The summed E-state index contributed by atoms with van der Waals surface area (Å²) >= 11 is 1.56. The number of amides is 1. The fraction of sp³-hybridized carbons (Fsp3) is 0.667. The number of thiazole rings is 1. The lowest BCUT2D eigenvalue weighted by Crippen LogP contribution is -2.42. The molecule has 0 aliphatic carbocycles. The van der Waals surface area contributed by atoms with Crippen LogP contribution in [0.25, 0.3) is 0 Å². The van der Waals surface area contributed by atoms with Crippen LogP contribution in [0.2, 0.25) is 0 Å². The molecule has 112 valence electrons. The average molecular weight is 328 g/mol. The molecule has 2 atom stereocenters. The molecule has 0 saturated heterocycles. The largest absolute Gasteiger partial charge is 0.346 e. The minimum atomic E-state index is -0.432. The molecule has 3 N–H and O–H groups in total. The Morgan fingerprint density at radius 1 is 1.42 bits per heavy atom. The van der Waals surface area contributed by atoms with Gasteiger partial charge in [-0.15, -0.1) is 36.2 Å². The Balaban J connectivity index is 0. The summed E-state index contributed by atoms with van der Waals surface area (Å²) in [7, 11) is 0. The molecule has 0 radical (unpaired) electrons. The summed E-state index contributed by atoms with van der Waals surface area (Å²) in [6.07, 6.45) is 0.704. The van der Waals surface area contributed by atoms with E-state index in [4.69, 9.17) is 5.73 Å². The standard InChI is InChI=1S/C12H21N3OS.2ClH/c1-7(2)5-10(13)11(16)15-9(4)12-14-8(3)6-17-12;;/h6-7,9-10H,5,13H2,1-4H3,(H,15,16);2*1H/t9?,10-;;/m0../s1. The van der Waals surface area contributed by atoms with Crippen LogP contribution < -0.4 is 11.1 Å². The van der Waals surface area contributed by atoms with Crippen LogP contribution in [0.3, 0.4) is 0 Å². The highest BCUT2D eigenvalue weighted by molar-refractivity contribution is 7.09. The molecule has 1 aromatic heterocycles. The van der Waals surface area contributed by atoms with Crippen molar-refractivity contribution >= 4 is 42.1 Å². The van der Waals surface area contributed by atoms with Crippen LogP contribution >= 0.6 is 36.2 Å². The molecule has 7 heteroatoms. The first kappa shape index (κ1) is 20.9. The van der Waals surface area contributed by atoms with E-state index in [1.165, 1.54) is 0 Å². The summed E-state index contributed by atoms with van der Waals surface area (Å²) in [5, 5.41) is 5.80. The number of nitrogens with one attached hydrogen (secondary N) is 1. The normalized spacial score (nSPS) is 13.2. The number of hydrogen-bond donors (Lipinski definition) is 2. The second-order valence-electron chi connectivity index (χ2n) is 4.79. The summed E-state index contributed by atoms with van der Waals surface area (Å²) in [5.41, 5.74) is 6.80. The number of carbonyl (C=O) groups excluding carboxylic acids is 1. The van der Waals surface area contributed by atoms with Crippen LogP contribution in [0.4, 0.5) is 0 Å². The van der Waals surface area contributed by atoms with Gasteiger partial charge in [-0.25, -0.2) is 4.98 Å². The smallest absolute Gasteiger partial charge is 0.237 e. The Labute approximate surface area is 131 Å². The highest BCUT2D eigenvalue weighted by Gasteiger charge is 2.18. The summed E-state index contributed by atoms with van der Waals surface area (Å²) in [4.78, 5) is 16.2. The molecule has 0 spiro atoms. The molecule has 1 amide bonds. The zero-order valence-corrected chi connectivity index (χ0v) is 14.1. The van der Waals surface area contributed by atoms with Gasteiger partial charge in [-0.1, -0.05) is 13.8 Å². The third-order valence-corrected chi connectivity index (χ3v) is 3.57. The Hall–Kier alpha value is -0.360. The summed E-state index contributed by atoms with van der Waals surface area (Å²) in [5.74, 6) is 0.326. The minimum absolute atomic E-state index is 0. The van der Waals surface area contributed by atoms with Crippen LogP contribution in [-0.4, -0.2) is 16.9 Å². The first-order valence-electron chi connectivity index (χ1n) is 5.88. The average Bonchev–Trinajstić information content (AvgIpc) is 2.63. The van der Waals surface area contributed by atoms with Crippen molar-refractivity contribution in [1.82, 2.24) is 10.3 Å². The number of nitrogens with zero attached hydrogens (tertiary/aromatic N) is 1. The van der Waals surface area contributed by atoms with Gasteiger partial charge in [0, 0.05) is 11.1 Å². The lowest BCUT2D eigenvalue weighted by Gasteiger charge is -2.17. The number of carbonyl (C=O) groups is 1. The maximum absolute atomic E-state index is 11.8. The number of aryl methyl sites for hydroxylation is 1. The zero-order chi connectivity index (χ0) is 13.0. The van der Waals surface area contributed by atoms with Crippen molar-refractivity contribution in [2.45, 2.75) is 46.2 Å². The molecule has 0 fully saturated rings. The van der Waals surface area contributed by atoms with Crippen LogP contribution in [0.5, 0.6) is 0 Å². The molecule has 4 nitrogen and oxygen atoms in total. The van der Waals surface area contributed by atoms with E-state index in [2.05, 4.69) is 24.1 Å². The van der Waals surface area contributed by atoms with Crippen LogP contribution in [0.15, 0.2) is 5.38 Å². The first-order valence-corrected chi connectivity index (χ1v) is 6.76. The third kappa shape index (κ3) is 7.11. The lowest BCUT2D eigenvalue weighted by atomic mass is 10.0. The molecule has 0 saturated carbocycles. The Bertz CT molecular complexity index is 385. The van der Waals surface area contributed by atoms with Gasteiger partial charge in [-0.2, -0.15) is 0 Å². The fourth-order valence-corrected chi connectivity index (χ4v) is 2.37. The van der Waals surface area contributed by atoms with Gasteiger partial charge in [0.15, 0.2) is 0 Å². The van der Waals surface area contributed by atoms with E-state index in [0.717, 1.165) is 10.7 Å². The van der Waals surface area contributed by atoms with Crippen LogP contribution in [-0.2, 0) is 4.79 Å². The summed E-state index contributed by atoms with van der Waals surface area (Å²) in [6.45, 7) is 7.98. The van der Waals surface area contributed by atoms with E-state index in [1.54, 1.807) is 11.3 Å². The first-order chi connectivity index (χ1) is 7.90. The predicted molar refractivity (Wildman–Crippen MR) is 85.3 cm³/mol. The number of aromatic nitrogens is 1. The molecule has 1 rings (SSSR count). The number of halogens is 2. The lowest BCUT2D eigenvalue weighted by molar-refractivity contribution is -0.123. The van der Waals surface area contributed by atoms with Gasteiger partial charge < -0.3 is 11.1 Å². The van der Waals surface area contributed by atoms with Gasteiger partial charge in [0.1, 0.15) is 5.01 Å².